The summed E-state index contributed by atoms with van der Waals surface area (Å²) < 4.78 is 0. The highest BCUT2D eigenvalue weighted by molar-refractivity contribution is 7.09. The Balaban J connectivity index is 1.67. The fourth-order valence-corrected chi connectivity index (χ4v) is 3.71. The van der Waals surface area contributed by atoms with Gasteiger partial charge in [-0.25, -0.2) is 4.98 Å². The SMILES string of the molecule is CN(CCNCc1nc(C(C)(C)C)cs1)C1CCCC1. The van der Waals surface area contributed by atoms with Crippen molar-refractivity contribution in [3.63, 3.8) is 0 Å². The molecule has 114 valence electrons. The minimum absolute atomic E-state index is 0.164. The molecule has 4 heteroatoms. The Labute approximate surface area is 127 Å². The van der Waals surface area contributed by atoms with E-state index in [-0.39, 0.29) is 5.41 Å². The number of thiazole rings is 1. The van der Waals surface area contributed by atoms with Crippen LogP contribution in [0.4, 0.5) is 0 Å². The molecule has 1 fully saturated rings. The molecule has 1 aromatic heterocycles. The second-order valence-corrected chi connectivity index (χ2v) is 7.91. The van der Waals surface area contributed by atoms with Gasteiger partial charge in [0.2, 0.25) is 0 Å². The fraction of sp³-hybridized carbons (Fsp3) is 0.812. The highest BCUT2D eigenvalue weighted by Gasteiger charge is 2.19. The van der Waals surface area contributed by atoms with Gasteiger partial charge < -0.3 is 10.2 Å². The topological polar surface area (TPSA) is 28.2 Å². The fourth-order valence-electron chi connectivity index (χ4n) is 2.71. The normalized spacial score (nSPS) is 17.2. The standard InChI is InChI=1S/C16H29N3S/c1-16(2,3)14-12-20-15(18-14)11-17-9-10-19(4)13-7-5-6-8-13/h12-13,17H,5-11H2,1-4H3. The van der Waals surface area contributed by atoms with Crippen LogP contribution in [-0.4, -0.2) is 36.1 Å². The van der Waals surface area contributed by atoms with Gasteiger partial charge in [-0.3, -0.25) is 0 Å². The lowest BCUT2D eigenvalue weighted by Gasteiger charge is -2.23. The molecule has 3 nitrogen and oxygen atoms in total. The first-order chi connectivity index (χ1) is 9.47. The summed E-state index contributed by atoms with van der Waals surface area (Å²) >= 11 is 1.77. The number of likely N-dealkylation sites (N-methyl/N-ethyl adjacent to an activating group) is 1. The van der Waals surface area contributed by atoms with E-state index in [1.54, 1.807) is 11.3 Å². The molecule has 0 saturated heterocycles. The van der Waals surface area contributed by atoms with Crippen LogP contribution in [0.15, 0.2) is 5.38 Å². The molecule has 1 N–H and O–H groups in total. The Hall–Kier alpha value is -0.450. The number of aromatic nitrogens is 1. The first kappa shape index (κ1) is 15.9. The first-order valence-electron chi connectivity index (χ1n) is 7.82. The molecule has 2 rings (SSSR count). The van der Waals surface area contributed by atoms with Crippen LogP contribution in [0.1, 0.15) is 57.2 Å². The maximum atomic E-state index is 4.72. The summed E-state index contributed by atoms with van der Waals surface area (Å²) in [5, 5.41) is 6.93. The molecule has 1 heterocycles. The lowest BCUT2D eigenvalue weighted by molar-refractivity contribution is 0.245. The van der Waals surface area contributed by atoms with Gasteiger partial charge in [0, 0.05) is 36.5 Å². The second-order valence-electron chi connectivity index (χ2n) is 6.97. The summed E-state index contributed by atoms with van der Waals surface area (Å²) in [6, 6.07) is 0.823. The molecule has 20 heavy (non-hydrogen) atoms. The van der Waals surface area contributed by atoms with Gasteiger partial charge in [-0.15, -0.1) is 11.3 Å². The van der Waals surface area contributed by atoms with Gasteiger partial charge in [0.1, 0.15) is 5.01 Å². The van der Waals surface area contributed by atoms with Crippen LogP contribution in [0.5, 0.6) is 0 Å². The first-order valence-corrected chi connectivity index (χ1v) is 8.70. The molecule has 1 aliphatic rings. The summed E-state index contributed by atoms with van der Waals surface area (Å²) in [6.45, 7) is 9.75. The molecule has 0 radical (unpaired) electrons. The maximum absolute atomic E-state index is 4.72. The van der Waals surface area contributed by atoms with Crippen LogP contribution in [0.25, 0.3) is 0 Å². The highest BCUT2D eigenvalue weighted by atomic mass is 32.1. The van der Waals surface area contributed by atoms with E-state index in [2.05, 4.69) is 43.4 Å². The zero-order valence-electron chi connectivity index (χ0n) is 13.4. The number of nitrogens with zero attached hydrogens (tertiary/aromatic N) is 2. The Morgan fingerprint density at radius 1 is 1.35 bits per heavy atom. The number of nitrogens with one attached hydrogen (secondary N) is 1. The number of rotatable bonds is 6. The van der Waals surface area contributed by atoms with Crippen LogP contribution in [0, 0.1) is 0 Å². The molecule has 1 aromatic rings. The van der Waals surface area contributed by atoms with Crippen molar-refractivity contribution in [1.82, 2.24) is 15.2 Å². The van der Waals surface area contributed by atoms with E-state index in [1.807, 2.05) is 0 Å². The second kappa shape index (κ2) is 7.01. The molecular weight excluding hydrogens is 266 g/mol. The minimum Gasteiger partial charge on any atom is -0.309 e. The van der Waals surface area contributed by atoms with Crippen molar-refractivity contribution in [1.29, 1.82) is 0 Å². The van der Waals surface area contributed by atoms with Gasteiger partial charge in [-0.1, -0.05) is 33.6 Å². The number of hydrogen-bond acceptors (Lipinski definition) is 4. The molecular formula is C16H29N3S. The molecule has 0 atom stereocenters. The van der Waals surface area contributed by atoms with E-state index in [4.69, 9.17) is 4.98 Å². The largest absolute Gasteiger partial charge is 0.309 e. The average Bonchev–Trinajstić information content (AvgIpc) is 3.04. The predicted octanol–water partition coefficient (Wildman–Crippen LogP) is 3.40. The van der Waals surface area contributed by atoms with Crippen LogP contribution >= 0.6 is 11.3 Å². The Bertz CT molecular complexity index is 402. The van der Waals surface area contributed by atoms with Gasteiger partial charge in [-0.2, -0.15) is 0 Å². The van der Waals surface area contributed by atoms with Crippen molar-refractivity contribution in [2.75, 3.05) is 20.1 Å². The molecule has 1 saturated carbocycles. The third kappa shape index (κ3) is 4.54. The van der Waals surface area contributed by atoms with Gasteiger partial charge in [0.05, 0.1) is 5.69 Å². The Kier molecular flexibility index (Phi) is 5.58. The summed E-state index contributed by atoms with van der Waals surface area (Å²) in [6.07, 6.45) is 5.60. The predicted molar refractivity (Wildman–Crippen MR) is 87.4 cm³/mol. The van der Waals surface area contributed by atoms with Crippen molar-refractivity contribution in [3.8, 4) is 0 Å². The average molecular weight is 295 g/mol. The molecule has 0 amide bonds. The zero-order valence-corrected chi connectivity index (χ0v) is 14.2. The van der Waals surface area contributed by atoms with Crippen molar-refractivity contribution >= 4 is 11.3 Å². The quantitative estimate of drug-likeness (QED) is 0.815. The van der Waals surface area contributed by atoms with Crippen molar-refractivity contribution in [2.24, 2.45) is 0 Å². The highest BCUT2D eigenvalue weighted by Crippen LogP contribution is 2.24. The molecule has 0 bridgehead atoms. The van der Waals surface area contributed by atoms with E-state index in [0.29, 0.717) is 0 Å². The summed E-state index contributed by atoms with van der Waals surface area (Å²) in [5.41, 5.74) is 1.37. The summed E-state index contributed by atoms with van der Waals surface area (Å²) in [7, 11) is 2.26. The van der Waals surface area contributed by atoms with Gasteiger partial charge in [0.15, 0.2) is 0 Å². The smallest absolute Gasteiger partial charge is 0.107 e. The summed E-state index contributed by atoms with van der Waals surface area (Å²) in [4.78, 5) is 7.23. The van der Waals surface area contributed by atoms with E-state index >= 15 is 0 Å². The zero-order chi connectivity index (χ0) is 14.6. The Morgan fingerprint density at radius 2 is 2.05 bits per heavy atom. The van der Waals surface area contributed by atoms with Crippen molar-refractivity contribution < 1.29 is 0 Å². The minimum atomic E-state index is 0.164. The summed E-state index contributed by atoms with van der Waals surface area (Å²) in [5.74, 6) is 0. The molecule has 0 spiro atoms. The van der Waals surface area contributed by atoms with Gasteiger partial charge in [0.25, 0.3) is 0 Å². The van der Waals surface area contributed by atoms with Crippen LogP contribution < -0.4 is 5.32 Å². The molecule has 0 aromatic carbocycles. The lowest BCUT2D eigenvalue weighted by Crippen LogP contribution is -2.35. The van der Waals surface area contributed by atoms with E-state index in [9.17, 15) is 0 Å². The van der Waals surface area contributed by atoms with Crippen LogP contribution in [-0.2, 0) is 12.0 Å². The molecule has 1 aliphatic carbocycles. The van der Waals surface area contributed by atoms with E-state index < -0.39 is 0 Å². The van der Waals surface area contributed by atoms with Crippen molar-refractivity contribution in [3.05, 3.63) is 16.1 Å². The lowest BCUT2D eigenvalue weighted by atomic mass is 9.93. The third-order valence-corrected chi connectivity index (χ3v) is 5.03. The maximum Gasteiger partial charge on any atom is 0.107 e. The van der Waals surface area contributed by atoms with E-state index in [0.717, 1.165) is 25.7 Å². The molecule has 0 unspecified atom stereocenters. The number of hydrogen-bond donors (Lipinski definition) is 1. The third-order valence-electron chi connectivity index (χ3n) is 4.19. The monoisotopic (exact) mass is 295 g/mol. The van der Waals surface area contributed by atoms with Crippen LogP contribution in [0.2, 0.25) is 0 Å². The van der Waals surface area contributed by atoms with Gasteiger partial charge >= 0.3 is 0 Å². The van der Waals surface area contributed by atoms with E-state index in [1.165, 1.54) is 36.4 Å². The van der Waals surface area contributed by atoms with Crippen LogP contribution in [0.3, 0.4) is 0 Å². The van der Waals surface area contributed by atoms with Gasteiger partial charge in [-0.05, 0) is 19.9 Å². The molecule has 0 aliphatic heterocycles. The van der Waals surface area contributed by atoms with Crippen molar-refractivity contribution in [2.45, 2.75) is 64.5 Å². The Morgan fingerprint density at radius 3 is 2.65 bits per heavy atom.